The third kappa shape index (κ3) is 1.91. The summed E-state index contributed by atoms with van der Waals surface area (Å²) in [6.45, 7) is 2.73. The molecule has 0 aromatic carbocycles. The van der Waals surface area contributed by atoms with E-state index >= 15 is 0 Å². The lowest BCUT2D eigenvalue weighted by Crippen LogP contribution is -2.07. The lowest BCUT2D eigenvalue weighted by Gasteiger charge is -2.09. The molecule has 4 nitrogen and oxygen atoms in total. The first-order valence-corrected chi connectivity index (χ1v) is 5.04. The highest BCUT2D eigenvalue weighted by Crippen LogP contribution is 2.24. The molecule has 2 rings (SSSR count). The van der Waals surface area contributed by atoms with Gasteiger partial charge in [0, 0.05) is 18.9 Å². The zero-order valence-corrected chi connectivity index (χ0v) is 8.98. The van der Waals surface area contributed by atoms with Crippen molar-refractivity contribution in [2.24, 2.45) is 0 Å². The van der Waals surface area contributed by atoms with Gasteiger partial charge in [0.25, 0.3) is 0 Å². The van der Waals surface area contributed by atoms with Crippen molar-refractivity contribution in [3.63, 3.8) is 0 Å². The van der Waals surface area contributed by atoms with Crippen LogP contribution in [0.2, 0.25) is 5.22 Å². The average Bonchev–Trinajstić information content (AvgIpc) is 2.84. The molecule has 2 aromatic heterocycles. The largest absolute Gasteiger partial charge is 0.446 e. The molecule has 0 saturated carbocycles. The van der Waals surface area contributed by atoms with E-state index in [0.29, 0.717) is 11.6 Å². The van der Waals surface area contributed by atoms with E-state index in [2.05, 4.69) is 4.98 Å². The number of imidazole rings is 1. The molecule has 1 N–H and O–H groups in total. The molecule has 15 heavy (non-hydrogen) atoms. The van der Waals surface area contributed by atoms with Gasteiger partial charge in [-0.25, -0.2) is 4.98 Å². The predicted octanol–water partition coefficient (Wildman–Crippen LogP) is 2.23. The Labute approximate surface area is 92.1 Å². The van der Waals surface area contributed by atoms with Crippen LogP contribution in [-0.2, 0) is 6.54 Å². The van der Waals surface area contributed by atoms with E-state index in [-0.39, 0.29) is 5.22 Å². The van der Waals surface area contributed by atoms with E-state index in [1.807, 2.05) is 17.7 Å². The minimum Gasteiger partial charge on any atom is -0.446 e. The summed E-state index contributed by atoms with van der Waals surface area (Å²) in [6, 6.07) is 3.24. The summed E-state index contributed by atoms with van der Waals surface area (Å²) < 4.78 is 6.98. The van der Waals surface area contributed by atoms with E-state index in [0.717, 1.165) is 6.54 Å². The third-order valence-corrected chi connectivity index (χ3v) is 2.40. The fourth-order valence-electron chi connectivity index (χ4n) is 1.44. The van der Waals surface area contributed by atoms with Gasteiger partial charge in [-0.1, -0.05) is 0 Å². The number of nitrogens with zero attached hydrogens (tertiary/aromatic N) is 2. The Morgan fingerprint density at radius 1 is 1.60 bits per heavy atom. The van der Waals surface area contributed by atoms with E-state index in [4.69, 9.17) is 16.0 Å². The molecule has 0 spiro atoms. The third-order valence-electron chi connectivity index (χ3n) is 2.20. The highest BCUT2D eigenvalue weighted by Gasteiger charge is 2.18. The maximum atomic E-state index is 9.97. The summed E-state index contributed by atoms with van der Waals surface area (Å²) in [6.07, 6.45) is 2.59. The molecule has 80 valence electrons. The smallest absolute Gasteiger partial charge is 0.193 e. The molecule has 0 radical (unpaired) electrons. The number of aromatic nitrogens is 2. The first-order valence-electron chi connectivity index (χ1n) is 4.66. The van der Waals surface area contributed by atoms with Crippen molar-refractivity contribution in [1.29, 1.82) is 0 Å². The van der Waals surface area contributed by atoms with Gasteiger partial charge in [0.1, 0.15) is 11.6 Å². The minimum absolute atomic E-state index is 0.263. The Morgan fingerprint density at radius 3 is 3.00 bits per heavy atom. The number of halogens is 1. The summed E-state index contributed by atoms with van der Waals surface area (Å²) in [5.41, 5.74) is 0. The van der Waals surface area contributed by atoms with Crippen molar-refractivity contribution in [2.45, 2.75) is 19.6 Å². The van der Waals surface area contributed by atoms with E-state index in [9.17, 15) is 5.11 Å². The highest BCUT2D eigenvalue weighted by atomic mass is 35.5. The molecular formula is C10H11ClN2O2. The van der Waals surface area contributed by atoms with Crippen LogP contribution in [0.15, 0.2) is 28.9 Å². The van der Waals surface area contributed by atoms with Crippen molar-refractivity contribution in [1.82, 2.24) is 9.55 Å². The molecule has 5 heteroatoms. The molecule has 0 saturated heterocycles. The lowest BCUT2D eigenvalue weighted by molar-refractivity contribution is 0.175. The number of furan rings is 1. The fraction of sp³-hybridized carbons (Fsp3) is 0.300. The molecule has 1 unspecified atom stereocenters. The van der Waals surface area contributed by atoms with Crippen molar-refractivity contribution in [2.75, 3.05) is 0 Å². The number of rotatable bonds is 3. The first-order chi connectivity index (χ1) is 7.22. The van der Waals surface area contributed by atoms with Gasteiger partial charge in [0.15, 0.2) is 11.3 Å². The summed E-state index contributed by atoms with van der Waals surface area (Å²) >= 11 is 5.63. The van der Waals surface area contributed by atoms with Crippen LogP contribution in [0.5, 0.6) is 0 Å². The van der Waals surface area contributed by atoms with Crippen LogP contribution in [0.25, 0.3) is 0 Å². The van der Waals surface area contributed by atoms with Gasteiger partial charge < -0.3 is 14.1 Å². The Bertz CT molecular complexity index is 450. The number of aliphatic hydroxyl groups excluding tert-OH is 1. The Morgan fingerprint density at radius 2 is 2.40 bits per heavy atom. The standard InChI is InChI=1S/C10H11ClN2O2/c1-2-13-6-5-12-10(13)9(14)7-3-4-8(11)15-7/h3-6,9,14H,2H2,1H3. The predicted molar refractivity (Wildman–Crippen MR) is 55.7 cm³/mol. The van der Waals surface area contributed by atoms with Gasteiger partial charge in [-0.3, -0.25) is 0 Å². The molecule has 0 aliphatic heterocycles. The lowest BCUT2D eigenvalue weighted by atomic mass is 10.2. The van der Waals surface area contributed by atoms with Gasteiger partial charge in [-0.2, -0.15) is 0 Å². The normalized spacial score (nSPS) is 13.0. The van der Waals surface area contributed by atoms with Crippen LogP contribution in [0, 0.1) is 0 Å². The molecule has 2 heterocycles. The Hall–Kier alpha value is -1.26. The minimum atomic E-state index is -0.868. The molecule has 0 aliphatic rings. The van der Waals surface area contributed by atoms with Crippen LogP contribution in [0.3, 0.4) is 0 Å². The van der Waals surface area contributed by atoms with Gasteiger partial charge in [-0.05, 0) is 30.7 Å². The van der Waals surface area contributed by atoms with Crippen LogP contribution >= 0.6 is 11.6 Å². The first kappa shape index (κ1) is 10.3. The SMILES string of the molecule is CCn1ccnc1C(O)c1ccc(Cl)o1. The van der Waals surface area contributed by atoms with Crippen molar-refractivity contribution in [3.05, 3.63) is 41.3 Å². The topological polar surface area (TPSA) is 51.2 Å². The molecule has 1 atom stereocenters. The summed E-state index contributed by atoms with van der Waals surface area (Å²) in [7, 11) is 0. The Balaban J connectivity index is 2.31. The molecule has 0 amide bonds. The van der Waals surface area contributed by atoms with Crippen LogP contribution < -0.4 is 0 Å². The Kier molecular flexibility index (Phi) is 2.79. The zero-order valence-electron chi connectivity index (χ0n) is 8.22. The molecule has 0 bridgehead atoms. The summed E-state index contributed by atoms with van der Waals surface area (Å²) in [5.74, 6) is 0.962. The summed E-state index contributed by atoms with van der Waals surface area (Å²) in [4.78, 5) is 4.08. The number of hydrogen-bond donors (Lipinski definition) is 1. The van der Waals surface area contributed by atoms with Gasteiger partial charge >= 0.3 is 0 Å². The number of hydrogen-bond acceptors (Lipinski definition) is 3. The van der Waals surface area contributed by atoms with Crippen LogP contribution in [0.1, 0.15) is 24.6 Å². The highest BCUT2D eigenvalue weighted by molar-refractivity contribution is 6.28. The molecular weight excluding hydrogens is 216 g/mol. The second-order valence-corrected chi connectivity index (χ2v) is 3.49. The zero-order chi connectivity index (χ0) is 10.8. The van der Waals surface area contributed by atoms with Crippen molar-refractivity contribution >= 4 is 11.6 Å². The van der Waals surface area contributed by atoms with Crippen molar-refractivity contribution in [3.8, 4) is 0 Å². The van der Waals surface area contributed by atoms with Gasteiger partial charge in [0.05, 0.1) is 0 Å². The van der Waals surface area contributed by atoms with Crippen LogP contribution in [0.4, 0.5) is 0 Å². The van der Waals surface area contributed by atoms with E-state index < -0.39 is 6.10 Å². The van der Waals surface area contributed by atoms with Gasteiger partial charge in [-0.15, -0.1) is 0 Å². The number of aliphatic hydroxyl groups is 1. The van der Waals surface area contributed by atoms with Crippen LogP contribution in [-0.4, -0.2) is 14.7 Å². The molecule has 0 fully saturated rings. The quantitative estimate of drug-likeness (QED) is 0.873. The van der Waals surface area contributed by atoms with Gasteiger partial charge in [0.2, 0.25) is 0 Å². The monoisotopic (exact) mass is 226 g/mol. The second-order valence-electron chi connectivity index (χ2n) is 3.12. The fourth-order valence-corrected chi connectivity index (χ4v) is 1.59. The van der Waals surface area contributed by atoms with Crippen molar-refractivity contribution < 1.29 is 9.52 Å². The number of aryl methyl sites for hydroxylation is 1. The second kappa shape index (κ2) is 4.08. The van der Waals surface area contributed by atoms with E-state index in [1.165, 1.54) is 0 Å². The summed E-state index contributed by atoms with van der Waals surface area (Å²) in [5, 5.41) is 10.2. The average molecular weight is 227 g/mol. The maximum absolute atomic E-state index is 9.97. The molecule has 2 aromatic rings. The van der Waals surface area contributed by atoms with E-state index in [1.54, 1.807) is 18.3 Å². The maximum Gasteiger partial charge on any atom is 0.193 e. The molecule has 0 aliphatic carbocycles.